The van der Waals surface area contributed by atoms with Crippen LogP contribution in [0.25, 0.3) is 27.7 Å². The van der Waals surface area contributed by atoms with Crippen molar-refractivity contribution in [1.82, 2.24) is 19.4 Å². The molecule has 28 heavy (non-hydrogen) atoms. The molecule has 0 unspecified atom stereocenters. The summed E-state index contributed by atoms with van der Waals surface area (Å²) in [6.45, 7) is 0. The van der Waals surface area contributed by atoms with Crippen molar-refractivity contribution < 1.29 is 9.21 Å². The maximum atomic E-state index is 12.7. The second-order valence-electron chi connectivity index (χ2n) is 6.14. The minimum atomic E-state index is -0.546. The zero-order valence-corrected chi connectivity index (χ0v) is 14.4. The van der Waals surface area contributed by atoms with Gasteiger partial charge >= 0.3 is 5.91 Å². The van der Waals surface area contributed by atoms with Crippen molar-refractivity contribution in [3.63, 3.8) is 0 Å². The molecule has 0 saturated heterocycles. The fourth-order valence-electron chi connectivity index (χ4n) is 3.01. The Morgan fingerprint density at radius 3 is 2.64 bits per heavy atom. The van der Waals surface area contributed by atoms with E-state index < -0.39 is 11.5 Å². The molecule has 1 N–H and O–H groups in total. The monoisotopic (exact) mass is 371 g/mol. The molecule has 0 atom stereocenters. The third kappa shape index (κ3) is 2.55. The van der Waals surface area contributed by atoms with Crippen LogP contribution in [0.1, 0.15) is 10.6 Å². The predicted octanol–water partition coefficient (Wildman–Crippen LogP) is 2.71. The Balaban J connectivity index is 1.50. The lowest BCUT2D eigenvalue weighted by Gasteiger charge is -2.06. The molecule has 3 aromatic heterocycles. The van der Waals surface area contributed by atoms with Gasteiger partial charge in [0.25, 0.3) is 5.56 Å². The summed E-state index contributed by atoms with van der Waals surface area (Å²) in [6.07, 6.45) is 2.69. The van der Waals surface area contributed by atoms with Crippen molar-refractivity contribution in [3.05, 3.63) is 89.3 Å². The van der Waals surface area contributed by atoms with Crippen molar-refractivity contribution >= 4 is 27.9 Å². The molecule has 5 aromatic rings. The average molecular weight is 371 g/mol. The Morgan fingerprint density at radius 1 is 1.04 bits per heavy atom. The number of fused-ring (bicyclic) bond motifs is 2. The fraction of sp³-hybridized carbons (Fsp3) is 0. The van der Waals surface area contributed by atoms with E-state index in [1.54, 1.807) is 16.8 Å². The van der Waals surface area contributed by atoms with E-state index >= 15 is 0 Å². The van der Waals surface area contributed by atoms with Crippen LogP contribution in [0, 0.1) is 0 Å². The number of furan rings is 1. The first-order chi connectivity index (χ1) is 13.7. The van der Waals surface area contributed by atoms with Crippen LogP contribution in [-0.2, 0) is 0 Å². The minimum Gasteiger partial charge on any atom is -0.451 e. The summed E-state index contributed by atoms with van der Waals surface area (Å²) in [7, 11) is 0. The fourth-order valence-corrected chi connectivity index (χ4v) is 3.01. The highest BCUT2D eigenvalue weighted by Crippen LogP contribution is 2.19. The van der Waals surface area contributed by atoms with Crippen LogP contribution in [0.2, 0.25) is 0 Å². The summed E-state index contributed by atoms with van der Waals surface area (Å²) in [5.41, 5.74) is 3.86. The number of rotatable bonds is 3. The van der Waals surface area contributed by atoms with E-state index in [1.165, 1.54) is 12.5 Å². The average Bonchev–Trinajstić information content (AvgIpc) is 3.35. The highest BCUT2D eigenvalue weighted by molar-refractivity contribution is 6.00. The molecule has 3 heterocycles. The molecular weight excluding hydrogens is 358 g/mol. The largest absolute Gasteiger partial charge is 0.451 e. The van der Waals surface area contributed by atoms with Crippen LogP contribution < -0.4 is 11.0 Å². The SMILES string of the molecule is O=C(Nn1cnc2c(cnn2-c2ccccc2)c1=O)c1cc2ccccc2o1. The zero-order chi connectivity index (χ0) is 19.1. The smallest absolute Gasteiger partial charge is 0.305 e. The Kier molecular flexibility index (Phi) is 3.55. The Bertz CT molecular complexity index is 1350. The van der Waals surface area contributed by atoms with Crippen LogP contribution in [0.3, 0.4) is 0 Å². The lowest BCUT2D eigenvalue weighted by Crippen LogP contribution is -2.33. The summed E-state index contributed by atoms with van der Waals surface area (Å²) in [5.74, 6) is -0.442. The summed E-state index contributed by atoms with van der Waals surface area (Å²) in [6, 6.07) is 18.3. The molecule has 136 valence electrons. The van der Waals surface area contributed by atoms with Crippen LogP contribution >= 0.6 is 0 Å². The summed E-state index contributed by atoms with van der Waals surface area (Å²) in [4.78, 5) is 29.5. The molecule has 0 spiro atoms. The maximum Gasteiger partial charge on any atom is 0.305 e. The molecular formula is C20H13N5O3. The van der Waals surface area contributed by atoms with Crippen molar-refractivity contribution in [1.29, 1.82) is 0 Å². The Hall–Kier alpha value is -4.20. The van der Waals surface area contributed by atoms with Crippen molar-refractivity contribution in [3.8, 4) is 5.69 Å². The highest BCUT2D eigenvalue weighted by atomic mass is 16.3. The molecule has 0 aliphatic carbocycles. The van der Waals surface area contributed by atoms with Gasteiger partial charge in [0.2, 0.25) is 0 Å². The first kappa shape index (κ1) is 16.0. The van der Waals surface area contributed by atoms with Gasteiger partial charge in [-0.2, -0.15) is 5.10 Å². The van der Waals surface area contributed by atoms with E-state index in [0.717, 1.165) is 15.7 Å². The number of hydrogen-bond acceptors (Lipinski definition) is 5. The van der Waals surface area contributed by atoms with Gasteiger partial charge < -0.3 is 4.42 Å². The molecule has 0 bridgehead atoms. The second kappa shape index (κ2) is 6.20. The first-order valence-electron chi connectivity index (χ1n) is 8.51. The standard InChI is InChI=1S/C20H13N5O3/c26-19(17-10-13-6-4-5-9-16(13)28-17)23-24-12-21-18-15(20(24)27)11-22-25(18)14-7-2-1-3-8-14/h1-12H,(H,23,26). The van der Waals surface area contributed by atoms with E-state index in [9.17, 15) is 9.59 Å². The summed E-state index contributed by atoms with van der Waals surface area (Å²) in [5, 5.41) is 5.33. The normalized spacial score (nSPS) is 11.1. The van der Waals surface area contributed by atoms with E-state index in [2.05, 4.69) is 15.5 Å². The Labute approximate surface area is 157 Å². The van der Waals surface area contributed by atoms with Crippen molar-refractivity contribution in [2.75, 3.05) is 5.43 Å². The number of carbonyl (C=O) groups excluding carboxylic acids is 1. The topological polar surface area (TPSA) is 95.0 Å². The van der Waals surface area contributed by atoms with Crippen LogP contribution in [-0.4, -0.2) is 25.3 Å². The predicted molar refractivity (Wildman–Crippen MR) is 103 cm³/mol. The quantitative estimate of drug-likeness (QED) is 0.526. The van der Waals surface area contributed by atoms with Gasteiger partial charge in [-0.15, -0.1) is 0 Å². The van der Waals surface area contributed by atoms with Gasteiger partial charge in [-0.1, -0.05) is 36.4 Å². The molecule has 0 aliphatic rings. The number of amides is 1. The number of aromatic nitrogens is 4. The van der Waals surface area contributed by atoms with Gasteiger partial charge in [0, 0.05) is 5.39 Å². The van der Waals surface area contributed by atoms with Gasteiger partial charge in [0.15, 0.2) is 11.4 Å². The molecule has 2 aromatic carbocycles. The number of benzene rings is 2. The van der Waals surface area contributed by atoms with Gasteiger partial charge in [0.05, 0.1) is 11.9 Å². The number of carbonyl (C=O) groups is 1. The minimum absolute atomic E-state index is 0.105. The molecule has 0 saturated carbocycles. The number of nitrogens with one attached hydrogen (secondary N) is 1. The second-order valence-corrected chi connectivity index (χ2v) is 6.14. The molecule has 8 heteroatoms. The maximum absolute atomic E-state index is 12.7. The van der Waals surface area contributed by atoms with Crippen LogP contribution in [0.4, 0.5) is 0 Å². The van der Waals surface area contributed by atoms with Gasteiger partial charge in [-0.25, -0.2) is 14.3 Å². The van der Waals surface area contributed by atoms with Crippen molar-refractivity contribution in [2.45, 2.75) is 0 Å². The van der Waals surface area contributed by atoms with E-state index in [4.69, 9.17) is 4.42 Å². The summed E-state index contributed by atoms with van der Waals surface area (Å²) >= 11 is 0. The lowest BCUT2D eigenvalue weighted by molar-refractivity contribution is 0.0982. The number of para-hydroxylation sites is 2. The van der Waals surface area contributed by atoms with Crippen molar-refractivity contribution in [2.24, 2.45) is 0 Å². The molecule has 8 nitrogen and oxygen atoms in total. The third-order valence-electron chi connectivity index (χ3n) is 4.36. The number of hydrogen-bond donors (Lipinski definition) is 1. The van der Waals surface area contributed by atoms with Gasteiger partial charge in [-0.05, 0) is 24.3 Å². The van der Waals surface area contributed by atoms with Gasteiger partial charge in [-0.3, -0.25) is 15.0 Å². The lowest BCUT2D eigenvalue weighted by atomic mass is 10.2. The molecule has 0 aliphatic heterocycles. The molecule has 5 rings (SSSR count). The molecule has 1 amide bonds. The molecule has 0 fully saturated rings. The van der Waals surface area contributed by atoms with E-state index in [-0.39, 0.29) is 11.1 Å². The Morgan fingerprint density at radius 2 is 1.82 bits per heavy atom. The third-order valence-corrected chi connectivity index (χ3v) is 4.36. The highest BCUT2D eigenvalue weighted by Gasteiger charge is 2.16. The van der Waals surface area contributed by atoms with Crippen LogP contribution in [0.15, 0.2) is 82.4 Å². The summed E-state index contributed by atoms with van der Waals surface area (Å²) < 4.78 is 8.12. The molecule has 0 radical (unpaired) electrons. The van der Waals surface area contributed by atoms with E-state index in [0.29, 0.717) is 11.2 Å². The van der Waals surface area contributed by atoms with Crippen LogP contribution in [0.5, 0.6) is 0 Å². The number of nitrogens with zero attached hydrogens (tertiary/aromatic N) is 4. The van der Waals surface area contributed by atoms with Gasteiger partial charge in [0.1, 0.15) is 17.3 Å². The van der Waals surface area contributed by atoms with E-state index in [1.807, 2.05) is 48.5 Å². The first-order valence-corrected chi connectivity index (χ1v) is 8.51. The zero-order valence-electron chi connectivity index (χ0n) is 14.4.